The monoisotopic (exact) mass is 349 g/mol. The Morgan fingerprint density at radius 2 is 1.69 bits per heavy atom. The lowest BCUT2D eigenvalue weighted by atomic mass is 10.1. The number of aromatic nitrogens is 2. The predicted molar refractivity (Wildman–Crippen MR) is 99.0 cm³/mol. The van der Waals surface area contributed by atoms with Crippen LogP contribution in [-0.4, -0.2) is 15.9 Å². The van der Waals surface area contributed by atoms with Crippen LogP contribution in [-0.2, 0) is 6.61 Å². The fraction of sp³-hybridized carbons (Fsp3) is 0.105. The van der Waals surface area contributed by atoms with Gasteiger partial charge in [-0.2, -0.15) is 0 Å². The third kappa shape index (κ3) is 3.79. The molecule has 2 aromatic carbocycles. The third-order valence-corrected chi connectivity index (χ3v) is 3.88. The zero-order chi connectivity index (χ0) is 18.5. The number of benzene rings is 2. The molecule has 1 aromatic heterocycles. The van der Waals surface area contributed by atoms with Crippen LogP contribution in [0.15, 0.2) is 54.6 Å². The molecule has 0 aliphatic heterocycles. The van der Waals surface area contributed by atoms with Gasteiger partial charge in [0.2, 0.25) is 5.95 Å². The summed E-state index contributed by atoms with van der Waals surface area (Å²) in [6.45, 7) is 1.74. The maximum Gasteiger partial charge on any atom is 0.269 e. The SMILES string of the molecule is Cc1nc(N)nc(COc2ccc(-c3ccccc3)cc2)c1C(=O)NN. The van der Waals surface area contributed by atoms with Crippen LogP contribution >= 0.6 is 0 Å². The summed E-state index contributed by atoms with van der Waals surface area (Å²) >= 11 is 0. The molecule has 3 rings (SSSR count). The van der Waals surface area contributed by atoms with Crippen molar-refractivity contribution in [3.8, 4) is 16.9 Å². The Morgan fingerprint density at radius 1 is 1.04 bits per heavy atom. The van der Waals surface area contributed by atoms with Gasteiger partial charge in [0, 0.05) is 0 Å². The lowest BCUT2D eigenvalue weighted by Crippen LogP contribution is -2.32. The number of ether oxygens (including phenoxy) is 1. The molecule has 0 spiro atoms. The molecule has 5 N–H and O–H groups in total. The van der Waals surface area contributed by atoms with Crippen molar-refractivity contribution in [1.29, 1.82) is 0 Å². The van der Waals surface area contributed by atoms with Crippen LogP contribution in [0.4, 0.5) is 5.95 Å². The highest BCUT2D eigenvalue weighted by Crippen LogP contribution is 2.23. The van der Waals surface area contributed by atoms with Crippen molar-refractivity contribution in [2.24, 2.45) is 5.84 Å². The van der Waals surface area contributed by atoms with E-state index in [1.807, 2.05) is 54.6 Å². The summed E-state index contributed by atoms with van der Waals surface area (Å²) in [5.41, 5.74) is 11.1. The first-order valence-electron chi connectivity index (χ1n) is 8.00. The Labute approximate surface area is 151 Å². The molecule has 132 valence electrons. The summed E-state index contributed by atoms with van der Waals surface area (Å²) in [5.74, 6) is 5.48. The fourth-order valence-corrected chi connectivity index (χ4v) is 2.65. The van der Waals surface area contributed by atoms with E-state index in [2.05, 4.69) is 15.4 Å². The standard InChI is InChI=1S/C19H19N5O2/c1-12-17(18(25)24-21)16(23-19(20)22-12)11-26-15-9-7-14(8-10-15)13-5-3-2-4-6-13/h2-10H,11,21H2,1H3,(H,24,25)(H2,20,22,23). The fourth-order valence-electron chi connectivity index (χ4n) is 2.65. The van der Waals surface area contributed by atoms with Crippen molar-refractivity contribution < 1.29 is 9.53 Å². The maximum absolute atomic E-state index is 12.0. The Balaban J connectivity index is 1.78. The molecule has 0 atom stereocenters. The second kappa shape index (κ2) is 7.62. The number of anilines is 1. The number of hydrogen-bond donors (Lipinski definition) is 3. The van der Waals surface area contributed by atoms with Crippen molar-refractivity contribution in [3.05, 3.63) is 71.5 Å². The van der Waals surface area contributed by atoms with E-state index in [0.717, 1.165) is 11.1 Å². The molecular formula is C19H19N5O2. The molecule has 1 heterocycles. The molecule has 7 nitrogen and oxygen atoms in total. The topological polar surface area (TPSA) is 116 Å². The first-order chi connectivity index (χ1) is 12.6. The van der Waals surface area contributed by atoms with E-state index in [9.17, 15) is 4.79 Å². The quantitative estimate of drug-likeness (QED) is 0.369. The van der Waals surface area contributed by atoms with Crippen molar-refractivity contribution >= 4 is 11.9 Å². The number of nitrogens with one attached hydrogen (secondary N) is 1. The zero-order valence-corrected chi connectivity index (χ0v) is 14.3. The van der Waals surface area contributed by atoms with E-state index in [1.54, 1.807) is 6.92 Å². The molecule has 26 heavy (non-hydrogen) atoms. The molecule has 0 aliphatic rings. The summed E-state index contributed by atoms with van der Waals surface area (Å²) in [6.07, 6.45) is 0. The van der Waals surface area contributed by atoms with Gasteiger partial charge in [-0.05, 0) is 30.2 Å². The molecular weight excluding hydrogens is 330 g/mol. The van der Waals surface area contributed by atoms with Gasteiger partial charge in [0.15, 0.2) is 0 Å². The van der Waals surface area contributed by atoms with Crippen LogP contribution in [0, 0.1) is 6.92 Å². The largest absolute Gasteiger partial charge is 0.487 e. The van der Waals surface area contributed by atoms with Crippen molar-refractivity contribution in [2.75, 3.05) is 5.73 Å². The number of nitrogen functional groups attached to an aromatic ring is 2. The molecule has 0 saturated heterocycles. The molecule has 3 aromatic rings. The van der Waals surface area contributed by atoms with Gasteiger partial charge in [-0.1, -0.05) is 42.5 Å². The van der Waals surface area contributed by atoms with Gasteiger partial charge >= 0.3 is 0 Å². The summed E-state index contributed by atoms with van der Waals surface area (Å²) < 4.78 is 5.76. The first kappa shape index (κ1) is 17.4. The van der Waals surface area contributed by atoms with E-state index < -0.39 is 5.91 Å². The van der Waals surface area contributed by atoms with Crippen LogP contribution in [0.25, 0.3) is 11.1 Å². The molecule has 0 fully saturated rings. The first-order valence-corrected chi connectivity index (χ1v) is 8.00. The van der Waals surface area contributed by atoms with Crippen molar-refractivity contribution in [2.45, 2.75) is 13.5 Å². The number of nitrogens with zero attached hydrogens (tertiary/aromatic N) is 2. The summed E-state index contributed by atoms with van der Waals surface area (Å²) in [4.78, 5) is 20.1. The number of nitrogens with two attached hydrogens (primary N) is 2. The van der Waals surface area contributed by atoms with Gasteiger partial charge < -0.3 is 10.5 Å². The number of rotatable bonds is 5. The van der Waals surface area contributed by atoms with E-state index in [4.69, 9.17) is 16.3 Å². The lowest BCUT2D eigenvalue weighted by Gasteiger charge is -2.12. The number of aryl methyl sites for hydroxylation is 1. The zero-order valence-electron chi connectivity index (χ0n) is 14.3. The summed E-state index contributed by atoms with van der Waals surface area (Å²) in [5, 5.41) is 0. The van der Waals surface area contributed by atoms with Crippen molar-refractivity contribution in [3.63, 3.8) is 0 Å². The minimum atomic E-state index is -0.486. The van der Waals surface area contributed by atoms with Crippen LogP contribution in [0.2, 0.25) is 0 Å². The normalized spacial score (nSPS) is 10.4. The van der Waals surface area contributed by atoms with Crippen LogP contribution < -0.4 is 21.7 Å². The highest BCUT2D eigenvalue weighted by Gasteiger charge is 2.17. The maximum atomic E-state index is 12.0. The molecule has 1 amide bonds. The van der Waals surface area contributed by atoms with E-state index in [1.165, 1.54) is 0 Å². The molecule has 0 bridgehead atoms. The molecule has 7 heteroatoms. The second-order valence-electron chi connectivity index (χ2n) is 5.64. The van der Waals surface area contributed by atoms with Crippen LogP contribution in [0.5, 0.6) is 5.75 Å². The molecule has 0 unspecified atom stereocenters. The summed E-state index contributed by atoms with van der Waals surface area (Å²) in [7, 11) is 0. The van der Waals surface area contributed by atoms with Gasteiger partial charge in [-0.15, -0.1) is 0 Å². The Morgan fingerprint density at radius 3 is 2.35 bits per heavy atom. The Bertz CT molecular complexity index is 911. The van der Waals surface area contributed by atoms with E-state index in [-0.39, 0.29) is 18.1 Å². The number of hydrogen-bond acceptors (Lipinski definition) is 6. The summed E-state index contributed by atoms with van der Waals surface area (Å²) in [6, 6.07) is 17.7. The average molecular weight is 349 g/mol. The number of carbonyl (C=O) groups excluding carboxylic acids is 1. The number of amides is 1. The van der Waals surface area contributed by atoms with Crippen LogP contribution in [0.3, 0.4) is 0 Å². The number of hydrazine groups is 1. The van der Waals surface area contributed by atoms with E-state index >= 15 is 0 Å². The predicted octanol–water partition coefficient (Wildman–Crippen LogP) is 2.22. The molecule has 0 saturated carbocycles. The average Bonchev–Trinajstić information content (AvgIpc) is 2.66. The lowest BCUT2D eigenvalue weighted by molar-refractivity contribution is 0.0949. The van der Waals surface area contributed by atoms with Crippen LogP contribution in [0.1, 0.15) is 21.7 Å². The van der Waals surface area contributed by atoms with Gasteiger partial charge in [0.25, 0.3) is 5.91 Å². The van der Waals surface area contributed by atoms with Crippen molar-refractivity contribution in [1.82, 2.24) is 15.4 Å². The van der Waals surface area contributed by atoms with E-state index in [0.29, 0.717) is 17.1 Å². The second-order valence-corrected chi connectivity index (χ2v) is 5.64. The highest BCUT2D eigenvalue weighted by molar-refractivity contribution is 5.96. The van der Waals surface area contributed by atoms with Gasteiger partial charge in [0.05, 0.1) is 17.0 Å². The Hall–Kier alpha value is -3.45. The number of carbonyl (C=O) groups is 1. The highest BCUT2D eigenvalue weighted by atomic mass is 16.5. The molecule has 0 radical (unpaired) electrons. The van der Waals surface area contributed by atoms with Gasteiger partial charge in [0.1, 0.15) is 12.4 Å². The molecule has 0 aliphatic carbocycles. The smallest absolute Gasteiger partial charge is 0.269 e. The minimum Gasteiger partial charge on any atom is -0.487 e. The minimum absolute atomic E-state index is 0.0704. The van der Waals surface area contributed by atoms with Gasteiger partial charge in [-0.3, -0.25) is 10.2 Å². The Kier molecular flexibility index (Phi) is 5.09. The van der Waals surface area contributed by atoms with Gasteiger partial charge in [-0.25, -0.2) is 15.8 Å². The third-order valence-electron chi connectivity index (χ3n) is 3.88.